The van der Waals surface area contributed by atoms with E-state index < -0.39 is 5.97 Å². The first kappa shape index (κ1) is 13.9. The van der Waals surface area contributed by atoms with Crippen LogP contribution in [0.5, 0.6) is 0 Å². The molecule has 0 aromatic heterocycles. The highest BCUT2D eigenvalue weighted by atomic mass is 16.5. The van der Waals surface area contributed by atoms with Gasteiger partial charge in [-0.2, -0.15) is 5.48 Å². The number of carboxylic acid groups (broad SMARTS) is 1. The van der Waals surface area contributed by atoms with Crippen LogP contribution in [0.3, 0.4) is 0 Å². The standard InChI is InChI=1S/C7H14N2O2.C2H4O2/c10-8-6-4-2-1-3-5-7(6)9-11;1-2(3)4/h6,8,10-11H,1-5H2;1H3,(H,3,4). The first-order valence-electron chi connectivity index (χ1n) is 4.91. The van der Waals surface area contributed by atoms with Gasteiger partial charge in [0, 0.05) is 6.92 Å². The van der Waals surface area contributed by atoms with E-state index in [1.165, 1.54) is 0 Å². The van der Waals surface area contributed by atoms with Crippen LogP contribution in [0.1, 0.15) is 39.0 Å². The van der Waals surface area contributed by atoms with Gasteiger partial charge in [-0.3, -0.25) is 4.79 Å². The highest BCUT2D eigenvalue weighted by molar-refractivity contribution is 5.89. The summed E-state index contributed by atoms with van der Waals surface area (Å²) in [5.41, 5.74) is 2.83. The van der Waals surface area contributed by atoms with Crippen LogP contribution in [0.4, 0.5) is 0 Å². The van der Waals surface area contributed by atoms with Crippen LogP contribution in [0.15, 0.2) is 5.16 Å². The number of hydrogen-bond acceptors (Lipinski definition) is 5. The lowest BCUT2D eigenvalue weighted by Gasteiger charge is -2.11. The number of nitrogens with one attached hydrogen (secondary N) is 1. The molecule has 88 valence electrons. The Labute approximate surface area is 88.6 Å². The minimum Gasteiger partial charge on any atom is -0.481 e. The van der Waals surface area contributed by atoms with Gasteiger partial charge in [0.05, 0.1) is 11.8 Å². The molecular weight excluding hydrogens is 200 g/mol. The molecular formula is C9H18N2O4. The lowest BCUT2D eigenvalue weighted by atomic mass is 10.1. The Morgan fingerprint density at radius 3 is 2.53 bits per heavy atom. The number of carbonyl (C=O) groups is 1. The third-order valence-electron chi connectivity index (χ3n) is 2.11. The molecule has 0 bridgehead atoms. The van der Waals surface area contributed by atoms with E-state index in [4.69, 9.17) is 20.3 Å². The van der Waals surface area contributed by atoms with Crippen molar-refractivity contribution in [1.82, 2.24) is 5.48 Å². The number of hydrogen-bond donors (Lipinski definition) is 4. The minimum atomic E-state index is -0.833. The second kappa shape index (κ2) is 8.19. The first-order valence-corrected chi connectivity index (χ1v) is 4.91. The molecule has 1 rings (SSSR count). The number of hydroxylamine groups is 1. The third-order valence-corrected chi connectivity index (χ3v) is 2.11. The summed E-state index contributed by atoms with van der Waals surface area (Å²) in [6, 6.07) is -0.137. The van der Waals surface area contributed by atoms with E-state index in [1.807, 2.05) is 0 Å². The first-order chi connectivity index (χ1) is 7.11. The van der Waals surface area contributed by atoms with Crippen molar-refractivity contribution in [2.24, 2.45) is 5.16 Å². The maximum atomic E-state index is 9.00. The van der Waals surface area contributed by atoms with Crippen molar-refractivity contribution < 1.29 is 20.3 Å². The number of nitrogens with zero attached hydrogens (tertiary/aromatic N) is 1. The minimum absolute atomic E-state index is 0.137. The van der Waals surface area contributed by atoms with E-state index in [9.17, 15) is 0 Å². The van der Waals surface area contributed by atoms with E-state index in [1.54, 1.807) is 0 Å². The molecule has 0 amide bonds. The predicted molar refractivity (Wildman–Crippen MR) is 54.3 cm³/mol. The van der Waals surface area contributed by atoms with Crippen LogP contribution in [0, 0.1) is 0 Å². The van der Waals surface area contributed by atoms with Gasteiger partial charge in [-0.05, 0) is 19.3 Å². The molecule has 0 radical (unpaired) electrons. The second-order valence-corrected chi connectivity index (χ2v) is 3.39. The molecule has 1 saturated carbocycles. The van der Waals surface area contributed by atoms with Gasteiger partial charge in [0.25, 0.3) is 5.97 Å². The number of aliphatic carboxylic acids is 1. The van der Waals surface area contributed by atoms with Gasteiger partial charge in [0.1, 0.15) is 0 Å². The van der Waals surface area contributed by atoms with Crippen LogP contribution < -0.4 is 5.48 Å². The predicted octanol–water partition coefficient (Wildman–Crippen LogP) is 1.22. The summed E-state index contributed by atoms with van der Waals surface area (Å²) in [6.45, 7) is 1.08. The van der Waals surface area contributed by atoms with Crippen molar-refractivity contribution in [1.29, 1.82) is 0 Å². The Kier molecular flexibility index (Phi) is 7.57. The summed E-state index contributed by atoms with van der Waals surface area (Å²) in [5, 5.41) is 27.8. The zero-order valence-electron chi connectivity index (χ0n) is 8.81. The van der Waals surface area contributed by atoms with Gasteiger partial charge in [-0.25, -0.2) is 0 Å². The monoisotopic (exact) mass is 218 g/mol. The highest BCUT2D eigenvalue weighted by Gasteiger charge is 2.17. The SMILES string of the molecule is CC(=O)O.ON=C1CCCCCC1NO. The molecule has 6 heteroatoms. The van der Waals surface area contributed by atoms with Crippen LogP contribution in [0.2, 0.25) is 0 Å². The van der Waals surface area contributed by atoms with Crippen molar-refractivity contribution in [3.63, 3.8) is 0 Å². The maximum absolute atomic E-state index is 9.00. The molecule has 0 aromatic carbocycles. The molecule has 1 atom stereocenters. The van der Waals surface area contributed by atoms with Crippen LogP contribution >= 0.6 is 0 Å². The molecule has 4 N–H and O–H groups in total. The van der Waals surface area contributed by atoms with E-state index >= 15 is 0 Å². The zero-order chi connectivity index (χ0) is 11.7. The molecule has 0 spiro atoms. The maximum Gasteiger partial charge on any atom is 0.300 e. The van der Waals surface area contributed by atoms with Crippen molar-refractivity contribution in [2.75, 3.05) is 0 Å². The summed E-state index contributed by atoms with van der Waals surface area (Å²) in [6.07, 6.45) is 4.93. The van der Waals surface area contributed by atoms with Gasteiger partial charge in [-0.15, -0.1) is 0 Å². The van der Waals surface area contributed by atoms with Gasteiger partial charge < -0.3 is 15.5 Å². The molecule has 6 nitrogen and oxygen atoms in total. The fraction of sp³-hybridized carbons (Fsp3) is 0.778. The van der Waals surface area contributed by atoms with Crippen LogP contribution in [-0.4, -0.2) is 33.2 Å². The number of oxime groups is 1. The largest absolute Gasteiger partial charge is 0.481 e. The molecule has 0 heterocycles. The summed E-state index contributed by atoms with van der Waals surface area (Å²) in [4.78, 5) is 9.00. The molecule has 1 aliphatic carbocycles. The number of rotatable bonds is 1. The van der Waals surface area contributed by atoms with Crippen molar-refractivity contribution in [2.45, 2.75) is 45.1 Å². The van der Waals surface area contributed by atoms with E-state index in [-0.39, 0.29) is 6.04 Å². The highest BCUT2D eigenvalue weighted by Crippen LogP contribution is 2.15. The van der Waals surface area contributed by atoms with E-state index in [0.29, 0.717) is 5.71 Å². The second-order valence-electron chi connectivity index (χ2n) is 3.39. The average Bonchev–Trinajstić information content (AvgIpc) is 2.40. The lowest BCUT2D eigenvalue weighted by molar-refractivity contribution is -0.134. The topological polar surface area (TPSA) is 102 Å². The summed E-state index contributed by atoms with van der Waals surface area (Å²) in [7, 11) is 0. The average molecular weight is 218 g/mol. The molecule has 0 aliphatic heterocycles. The fourth-order valence-corrected chi connectivity index (χ4v) is 1.43. The molecule has 15 heavy (non-hydrogen) atoms. The lowest BCUT2D eigenvalue weighted by Crippen LogP contribution is -2.33. The Balaban J connectivity index is 0.000000423. The molecule has 1 aliphatic rings. The normalized spacial score (nSPS) is 23.9. The Morgan fingerprint density at radius 2 is 2.07 bits per heavy atom. The summed E-state index contributed by atoms with van der Waals surface area (Å²) in [5.74, 6) is -0.833. The smallest absolute Gasteiger partial charge is 0.300 e. The number of carboxylic acids is 1. The molecule has 0 saturated heterocycles. The molecule has 0 aromatic rings. The van der Waals surface area contributed by atoms with Gasteiger partial charge >= 0.3 is 0 Å². The van der Waals surface area contributed by atoms with Gasteiger partial charge in [0.2, 0.25) is 0 Å². The summed E-state index contributed by atoms with van der Waals surface area (Å²) >= 11 is 0. The molecule has 1 unspecified atom stereocenters. The fourth-order valence-electron chi connectivity index (χ4n) is 1.43. The Bertz CT molecular complexity index is 214. The van der Waals surface area contributed by atoms with E-state index in [0.717, 1.165) is 39.0 Å². The third kappa shape index (κ3) is 6.87. The Morgan fingerprint density at radius 1 is 1.47 bits per heavy atom. The molecule has 1 fully saturated rings. The van der Waals surface area contributed by atoms with Crippen LogP contribution in [-0.2, 0) is 4.79 Å². The van der Waals surface area contributed by atoms with Gasteiger partial charge in [0.15, 0.2) is 0 Å². The van der Waals surface area contributed by atoms with Crippen LogP contribution in [0.25, 0.3) is 0 Å². The van der Waals surface area contributed by atoms with E-state index in [2.05, 4.69) is 10.6 Å². The quantitative estimate of drug-likeness (QED) is 0.301. The van der Waals surface area contributed by atoms with Crippen molar-refractivity contribution >= 4 is 11.7 Å². The summed E-state index contributed by atoms with van der Waals surface area (Å²) < 4.78 is 0. The Hall–Kier alpha value is -1.14. The zero-order valence-corrected chi connectivity index (χ0v) is 8.81. The van der Waals surface area contributed by atoms with Crippen molar-refractivity contribution in [3.8, 4) is 0 Å². The van der Waals surface area contributed by atoms with Gasteiger partial charge in [-0.1, -0.05) is 18.0 Å². The van der Waals surface area contributed by atoms with Crippen molar-refractivity contribution in [3.05, 3.63) is 0 Å².